The van der Waals surface area contributed by atoms with Gasteiger partial charge in [0.15, 0.2) is 0 Å². The van der Waals surface area contributed by atoms with Gasteiger partial charge < -0.3 is 0 Å². The molecule has 0 heteroatoms. The third kappa shape index (κ3) is 2.67. The van der Waals surface area contributed by atoms with E-state index >= 15 is 0 Å². The third-order valence-corrected chi connectivity index (χ3v) is 5.02. The van der Waals surface area contributed by atoms with Crippen molar-refractivity contribution in [2.45, 2.75) is 32.6 Å². The molecule has 4 rings (SSSR count). The molecule has 0 amide bonds. The van der Waals surface area contributed by atoms with Gasteiger partial charge in [0.05, 0.1) is 0 Å². The first-order chi connectivity index (χ1) is 11.9. The van der Waals surface area contributed by atoms with Crippen molar-refractivity contribution in [3.05, 3.63) is 89.8 Å². The SMILES string of the molecule is CCCCCC1=C(c2cccc3ccccc23)[CH]c2ccccc21. The zero-order valence-electron chi connectivity index (χ0n) is 14.3. The Kier molecular flexibility index (Phi) is 4.21. The number of fused-ring (bicyclic) bond motifs is 2. The number of unbranched alkanes of at least 4 members (excludes halogenated alkanes) is 2. The summed E-state index contributed by atoms with van der Waals surface area (Å²) < 4.78 is 0. The van der Waals surface area contributed by atoms with Gasteiger partial charge in [0.25, 0.3) is 0 Å². The summed E-state index contributed by atoms with van der Waals surface area (Å²) in [5.74, 6) is 0. The minimum Gasteiger partial charge on any atom is -0.0654 e. The lowest BCUT2D eigenvalue weighted by molar-refractivity contribution is 0.736. The van der Waals surface area contributed by atoms with Crippen LogP contribution >= 0.6 is 0 Å². The van der Waals surface area contributed by atoms with E-state index < -0.39 is 0 Å². The van der Waals surface area contributed by atoms with Crippen molar-refractivity contribution in [1.29, 1.82) is 0 Å². The number of hydrogen-bond donors (Lipinski definition) is 0. The lowest BCUT2D eigenvalue weighted by atomic mass is 9.92. The number of rotatable bonds is 5. The zero-order chi connectivity index (χ0) is 16.4. The molecule has 0 nitrogen and oxygen atoms in total. The molecule has 0 unspecified atom stereocenters. The zero-order valence-corrected chi connectivity index (χ0v) is 14.3. The summed E-state index contributed by atoms with van der Waals surface area (Å²) in [6, 6.07) is 24.2. The maximum atomic E-state index is 2.39. The van der Waals surface area contributed by atoms with Crippen LogP contribution in [0.3, 0.4) is 0 Å². The highest BCUT2D eigenvalue weighted by molar-refractivity contribution is 6.08. The Bertz CT molecular complexity index is 893. The average molecular weight is 311 g/mol. The van der Waals surface area contributed by atoms with Crippen LogP contribution in [0, 0.1) is 6.42 Å². The van der Waals surface area contributed by atoms with E-state index in [2.05, 4.69) is 80.1 Å². The first-order valence-corrected chi connectivity index (χ1v) is 9.04. The quantitative estimate of drug-likeness (QED) is 0.450. The molecule has 0 aromatic heterocycles. The van der Waals surface area contributed by atoms with Gasteiger partial charge in [0.1, 0.15) is 0 Å². The number of allylic oxidation sites excluding steroid dienone is 2. The standard InChI is InChI=1S/C24H23/c1-2-3-4-15-22-21-14-8-6-11-19(21)17-24(22)23-16-9-12-18-10-5-7-13-20(18)23/h5-14,16-17H,2-4,15H2,1H3. The van der Waals surface area contributed by atoms with E-state index in [-0.39, 0.29) is 0 Å². The van der Waals surface area contributed by atoms with Crippen molar-refractivity contribution in [3.63, 3.8) is 0 Å². The molecule has 3 aromatic rings. The molecule has 0 spiro atoms. The summed E-state index contributed by atoms with van der Waals surface area (Å²) in [6.07, 6.45) is 7.39. The van der Waals surface area contributed by atoms with E-state index in [0.29, 0.717) is 0 Å². The highest BCUT2D eigenvalue weighted by Crippen LogP contribution is 2.43. The van der Waals surface area contributed by atoms with Gasteiger partial charge in [0, 0.05) is 6.42 Å². The second-order valence-electron chi connectivity index (χ2n) is 6.61. The summed E-state index contributed by atoms with van der Waals surface area (Å²) >= 11 is 0. The molecule has 0 atom stereocenters. The summed E-state index contributed by atoms with van der Waals surface area (Å²) in [4.78, 5) is 0. The van der Waals surface area contributed by atoms with E-state index in [1.54, 1.807) is 0 Å². The van der Waals surface area contributed by atoms with E-state index in [0.717, 1.165) is 0 Å². The highest BCUT2D eigenvalue weighted by Gasteiger charge is 2.23. The molecule has 0 heterocycles. The van der Waals surface area contributed by atoms with Crippen molar-refractivity contribution in [2.24, 2.45) is 0 Å². The van der Waals surface area contributed by atoms with Gasteiger partial charge in [-0.15, -0.1) is 0 Å². The van der Waals surface area contributed by atoms with Crippen molar-refractivity contribution < 1.29 is 0 Å². The fourth-order valence-corrected chi connectivity index (χ4v) is 3.81. The first-order valence-electron chi connectivity index (χ1n) is 9.04. The van der Waals surface area contributed by atoms with Crippen LogP contribution in [0.4, 0.5) is 0 Å². The first kappa shape index (κ1) is 15.2. The molecule has 119 valence electrons. The van der Waals surface area contributed by atoms with E-state index in [9.17, 15) is 0 Å². The Morgan fingerprint density at radius 2 is 1.46 bits per heavy atom. The minimum absolute atomic E-state index is 1.17. The van der Waals surface area contributed by atoms with Gasteiger partial charge >= 0.3 is 0 Å². The van der Waals surface area contributed by atoms with Crippen LogP contribution in [0.25, 0.3) is 21.9 Å². The Balaban J connectivity index is 1.85. The molecule has 0 N–H and O–H groups in total. The Hall–Kier alpha value is -2.34. The summed E-state index contributed by atoms with van der Waals surface area (Å²) in [5.41, 5.74) is 7.11. The van der Waals surface area contributed by atoms with Crippen molar-refractivity contribution >= 4 is 21.9 Å². The van der Waals surface area contributed by atoms with Gasteiger partial charge in [-0.25, -0.2) is 0 Å². The van der Waals surface area contributed by atoms with Crippen LogP contribution in [0.1, 0.15) is 49.3 Å². The van der Waals surface area contributed by atoms with Crippen molar-refractivity contribution in [3.8, 4) is 0 Å². The predicted molar refractivity (Wildman–Crippen MR) is 105 cm³/mol. The lowest BCUT2D eigenvalue weighted by Crippen LogP contribution is -1.89. The fourth-order valence-electron chi connectivity index (χ4n) is 3.81. The van der Waals surface area contributed by atoms with Crippen LogP contribution in [-0.2, 0) is 0 Å². The van der Waals surface area contributed by atoms with Gasteiger partial charge in [-0.1, -0.05) is 86.5 Å². The molecular weight excluding hydrogens is 288 g/mol. The molecule has 0 fully saturated rings. The molecule has 1 aliphatic carbocycles. The van der Waals surface area contributed by atoms with Crippen LogP contribution in [0.15, 0.2) is 66.7 Å². The Morgan fingerprint density at radius 3 is 2.38 bits per heavy atom. The van der Waals surface area contributed by atoms with Gasteiger partial charge in [0.2, 0.25) is 0 Å². The molecule has 0 aliphatic heterocycles. The molecular formula is C24H23. The summed E-state index contributed by atoms with van der Waals surface area (Å²) in [7, 11) is 0. The average Bonchev–Trinajstić information content (AvgIpc) is 3.00. The highest BCUT2D eigenvalue weighted by atomic mass is 14.3. The maximum Gasteiger partial charge on any atom is 0.0214 e. The van der Waals surface area contributed by atoms with Gasteiger partial charge in [-0.2, -0.15) is 0 Å². The second-order valence-corrected chi connectivity index (χ2v) is 6.61. The Labute approximate surface area is 144 Å². The summed E-state index contributed by atoms with van der Waals surface area (Å²) in [6.45, 7) is 2.27. The van der Waals surface area contributed by atoms with Gasteiger partial charge in [-0.05, 0) is 51.5 Å². The van der Waals surface area contributed by atoms with Crippen LogP contribution in [0.5, 0.6) is 0 Å². The lowest BCUT2D eigenvalue weighted by Gasteiger charge is -2.11. The molecule has 1 radical (unpaired) electrons. The summed E-state index contributed by atoms with van der Waals surface area (Å²) in [5, 5.41) is 2.67. The topological polar surface area (TPSA) is 0 Å². The normalized spacial score (nSPS) is 13.5. The maximum absolute atomic E-state index is 2.39. The molecule has 1 aliphatic rings. The fraction of sp³-hybridized carbons (Fsp3) is 0.208. The van der Waals surface area contributed by atoms with Crippen molar-refractivity contribution in [1.82, 2.24) is 0 Å². The smallest absolute Gasteiger partial charge is 0.0214 e. The molecule has 0 saturated carbocycles. The van der Waals surface area contributed by atoms with Crippen LogP contribution in [-0.4, -0.2) is 0 Å². The Morgan fingerprint density at radius 1 is 0.708 bits per heavy atom. The van der Waals surface area contributed by atoms with E-state index in [1.165, 1.54) is 64.3 Å². The van der Waals surface area contributed by atoms with Crippen LogP contribution in [0.2, 0.25) is 0 Å². The molecule has 3 aromatic carbocycles. The monoisotopic (exact) mass is 311 g/mol. The van der Waals surface area contributed by atoms with Crippen molar-refractivity contribution in [2.75, 3.05) is 0 Å². The number of hydrogen-bond acceptors (Lipinski definition) is 0. The number of benzene rings is 3. The molecule has 0 bridgehead atoms. The van der Waals surface area contributed by atoms with Crippen LogP contribution < -0.4 is 0 Å². The largest absolute Gasteiger partial charge is 0.0654 e. The predicted octanol–water partition coefficient (Wildman–Crippen LogP) is 6.90. The third-order valence-electron chi connectivity index (χ3n) is 5.02. The minimum atomic E-state index is 1.17. The second kappa shape index (κ2) is 6.65. The van der Waals surface area contributed by atoms with E-state index in [1.807, 2.05) is 0 Å². The van der Waals surface area contributed by atoms with Gasteiger partial charge in [-0.3, -0.25) is 0 Å². The molecule has 0 saturated heterocycles. The molecule has 24 heavy (non-hydrogen) atoms. The van der Waals surface area contributed by atoms with E-state index in [4.69, 9.17) is 0 Å².